The molecule has 0 spiro atoms. The lowest BCUT2D eigenvalue weighted by atomic mass is 9.85. The zero-order valence-corrected chi connectivity index (χ0v) is 34.5. The molecule has 0 saturated heterocycles. The highest BCUT2D eigenvalue weighted by atomic mass is 14.9. The van der Waals surface area contributed by atoms with Gasteiger partial charge in [-0.15, -0.1) is 0 Å². The number of fused-ring (bicyclic) bond motifs is 6. The Labute approximate surface area is 365 Å². The van der Waals surface area contributed by atoms with Gasteiger partial charge in [0.2, 0.25) is 0 Å². The summed E-state index contributed by atoms with van der Waals surface area (Å²) in [6.07, 6.45) is 3.71. The van der Waals surface area contributed by atoms with Gasteiger partial charge in [-0.3, -0.25) is 4.98 Å². The maximum absolute atomic E-state index is 5.45. The van der Waals surface area contributed by atoms with Crippen LogP contribution in [0.25, 0.3) is 121 Å². The fraction of sp³-hybridized carbons (Fsp3) is 0.0167. The van der Waals surface area contributed by atoms with Gasteiger partial charge in [0, 0.05) is 40.0 Å². The van der Waals surface area contributed by atoms with Crippen LogP contribution in [0.15, 0.2) is 207 Å². The minimum Gasteiger partial charge on any atom is -0.264 e. The predicted molar refractivity (Wildman–Crippen MR) is 262 cm³/mol. The lowest BCUT2D eigenvalue weighted by molar-refractivity contribution is 1.19. The molecule has 10 aromatic carbocycles. The molecular formula is C60H37N3. The molecule has 0 fully saturated rings. The molecule has 0 N–H and O–H groups in total. The van der Waals surface area contributed by atoms with Gasteiger partial charge in [-0.2, -0.15) is 0 Å². The van der Waals surface area contributed by atoms with Crippen molar-refractivity contribution in [1.29, 1.82) is 0 Å². The minimum atomic E-state index is 0.658. The van der Waals surface area contributed by atoms with Crippen molar-refractivity contribution in [3.8, 4) is 67.3 Å². The first-order valence-electron chi connectivity index (χ1n) is 21.3. The van der Waals surface area contributed by atoms with Crippen molar-refractivity contribution >= 4 is 53.9 Å². The number of aromatic nitrogens is 3. The summed E-state index contributed by atoms with van der Waals surface area (Å²) in [6.45, 7) is 2.18. The highest BCUT2D eigenvalue weighted by Crippen LogP contribution is 2.45. The Kier molecular flexibility index (Phi) is 8.62. The van der Waals surface area contributed by atoms with E-state index in [9.17, 15) is 0 Å². The van der Waals surface area contributed by atoms with Crippen LogP contribution in [0, 0.1) is 19.1 Å². The minimum absolute atomic E-state index is 0.658. The highest BCUT2D eigenvalue weighted by molar-refractivity contribution is 6.22. The van der Waals surface area contributed by atoms with Gasteiger partial charge in [-0.05, 0) is 132 Å². The number of hydrogen-bond donors (Lipinski definition) is 0. The summed E-state index contributed by atoms with van der Waals surface area (Å²) in [4.78, 5) is 15.2. The van der Waals surface area contributed by atoms with Gasteiger partial charge >= 0.3 is 0 Å². The molecule has 0 aliphatic rings. The Morgan fingerprint density at radius 1 is 0.397 bits per heavy atom. The van der Waals surface area contributed by atoms with E-state index in [-0.39, 0.29) is 0 Å². The molecule has 63 heavy (non-hydrogen) atoms. The van der Waals surface area contributed by atoms with Crippen molar-refractivity contribution in [2.24, 2.45) is 0 Å². The summed E-state index contributed by atoms with van der Waals surface area (Å²) in [5.74, 6) is 0.658. The van der Waals surface area contributed by atoms with Gasteiger partial charge in [-0.25, -0.2) is 9.97 Å². The SMILES string of the molecule is Cc1ccc2c(-c3ccc4ccccc4c3)c3ccccc3c(-c3cccc(-c4nc(-c5cccc(-c6cccnc6)c5)cc(-c5cc6ccc#cc6c6ccccc56)n4)c3)c2c1. The quantitative estimate of drug-likeness (QED) is 0.157. The van der Waals surface area contributed by atoms with Gasteiger partial charge in [0.1, 0.15) is 0 Å². The van der Waals surface area contributed by atoms with E-state index < -0.39 is 0 Å². The maximum Gasteiger partial charge on any atom is 0.160 e. The molecule has 0 atom stereocenters. The molecule has 0 aliphatic carbocycles. The van der Waals surface area contributed by atoms with Gasteiger partial charge < -0.3 is 0 Å². The van der Waals surface area contributed by atoms with Crippen LogP contribution in [-0.4, -0.2) is 15.0 Å². The molecule has 0 aliphatic heterocycles. The van der Waals surface area contributed by atoms with Crippen molar-refractivity contribution in [3.63, 3.8) is 0 Å². The first-order chi connectivity index (χ1) is 31.1. The van der Waals surface area contributed by atoms with E-state index in [1.807, 2.05) is 18.3 Å². The largest absolute Gasteiger partial charge is 0.264 e. The smallest absolute Gasteiger partial charge is 0.160 e. The predicted octanol–water partition coefficient (Wildman–Crippen LogP) is 15.5. The third kappa shape index (κ3) is 6.36. The van der Waals surface area contributed by atoms with Gasteiger partial charge in [-0.1, -0.05) is 163 Å². The number of nitrogens with zero attached hydrogens (tertiary/aromatic N) is 3. The van der Waals surface area contributed by atoms with Crippen LogP contribution in [-0.2, 0) is 0 Å². The lowest BCUT2D eigenvalue weighted by Crippen LogP contribution is -1.97. The number of hydrogen-bond acceptors (Lipinski definition) is 3. The molecule has 0 radical (unpaired) electrons. The number of aryl methyl sites for hydroxylation is 1. The third-order valence-corrected chi connectivity index (χ3v) is 12.4. The molecule has 12 aromatic rings. The Morgan fingerprint density at radius 3 is 1.90 bits per heavy atom. The molecule has 0 amide bonds. The second-order valence-corrected chi connectivity index (χ2v) is 16.3. The summed E-state index contributed by atoms with van der Waals surface area (Å²) < 4.78 is 0. The Hall–Kier alpha value is -8.45. The van der Waals surface area contributed by atoms with E-state index in [4.69, 9.17) is 9.97 Å². The average Bonchev–Trinajstić information content (AvgIpc) is 3.35. The van der Waals surface area contributed by atoms with Crippen LogP contribution in [0.1, 0.15) is 5.56 Å². The van der Waals surface area contributed by atoms with Crippen molar-refractivity contribution in [2.45, 2.75) is 6.92 Å². The highest BCUT2D eigenvalue weighted by Gasteiger charge is 2.20. The van der Waals surface area contributed by atoms with Gasteiger partial charge in [0.05, 0.1) is 11.4 Å². The fourth-order valence-corrected chi connectivity index (χ4v) is 9.45. The Bertz CT molecular complexity index is 3760. The second-order valence-electron chi connectivity index (χ2n) is 16.3. The Balaban J connectivity index is 1.09. The van der Waals surface area contributed by atoms with Gasteiger partial charge in [0.25, 0.3) is 0 Å². The first kappa shape index (κ1) is 36.4. The van der Waals surface area contributed by atoms with Crippen LogP contribution < -0.4 is 0 Å². The maximum atomic E-state index is 5.45. The molecule has 0 unspecified atom stereocenters. The molecule has 3 nitrogen and oxygen atoms in total. The molecule has 2 heterocycles. The standard InChI is InChI=1S/C60H37N3/c1-38-26-29-53-55(31-38)59(52-25-9-8-24-51(52)58(53)45-28-27-39-13-2-3-14-40(39)33-45)44-18-11-19-46(34-44)60-62-56(43-17-10-16-41(32-43)47-20-12-30-61-37-47)36-57(63-60)54-35-42-15-4-5-21-48(42)49-22-6-7-23-50(49)54/h2-4,6-20,22-37H,1H3. The topological polar surface area (TPSA) is 38.7 Å². The summed E-state index contributed by atoms with van der Waals surface area (Å²) in [5, 5.41) is 11.7. The van der Waals surface area contributed by atoms with Crippen molar-refractivity contribution in [1.82, 2.24) is 15.0 Å². The van der Waals surface area contributed by atoms with Crippen LogP contribution in [0.2, 0.25) is 0 Å². The van der Waals surface area contributed by atoms with E-state index >= 15 is 0 Å². The number of rotatable bonds is 6. The average molecular weight is 800 g/mol. The van der Waals surface area contributed by atoms with Crippen LogP contribution in [0.5, 0.6) is 0 Å². The monoisotopic (exact) mass is 799 g/mol. The molecular weight excluding hydrogens is 763 g/mol. The zero-order chi connectivity index (χ0) is 41.9. The molecule has 3 heteroatoms. The molecule has 292 valence electrons. The van der Waals surface area contributed by atoms with E-state index in [1.165, 1.54) is 54.6 Å². The van der Waals surface area contributed by atoms with Crippen LogP contribution in [0.3, 0.4) is 0 Å². The normalized spacial score (nSPS) is 11.4. The van der Waals surface area contributed by atoms with Crippen molar-refractivity contribution in [3.05, 3.63) is 224 Å². The molecule has 12 rings (SSSR count). The van der Waals surface area contributed by atoms with E-state index in [1.54, 1.807) is 6.20 Å². The van der Waals surface area contributed by atoms with Gasteiger partial charge in [0.15, 0.2) is 5.82 Å². The number of benzene rings is 9. The Morgan fingerprint density at radius 2 is 1.06 bits per heavy atom. The van der Waals surface area contributed by atoms with Crippen LogP contribution in [0.4, 0.5) is 0 Å². The summed E-state index contributed by atoms with van der Waals surface area (Å²) >= 11 is 0. The number of pyridine rings is 1. The van der Waals surface area contributed by atoms with E-state index in [2.05, 4.69) is 206 Å². The van der Waals surface area contributed by atoms with E-state index in [0.717, 1.165) is 66.3 Å². The molecule has 0 bridgehead atoms. The lowest BCUT2D eigenvalue weighted by Gasteiger charge is -2.19. The van der Waals surface area contributed by atoms with Crippen molar-refractivity contribution in [2.75, 3.05) is 0 Å². The molecule has 2 aromatic heterocycles. The first-order valence-corrected chi connectivity index (χ1v) is 21.3. The fourth-order valence-electron chi connectivity index (χ4n) is 9.45. The summed E-state index contributed by atoms with van der Waals surface area (Å²) in [5.41, 5.74) is 12.8. The van der Waals surface area contributed by atoms with Crippen molar-refractivity contribution < 1.29 is 0 Å². The zero-order valence-electron chi connectivity index (χ0n) is 34.5. The second kappa shape index (κ2) is 14.9. The van der Waals surface area contributed by atoms with Crippen LogP contribution >= 0.6 is 0 Å². The summed E-state index contributed by atoms with van der Waals surface area (Å²) in [6, 6.07) is 76.1. The van der Waals surface area contributed by atoms with E-state index in [0.29, 0.717) is 5.82 Å². The summed E-state index contributed by atoms with van der Waals surface area (Å²) in [7, 11) is 0. The molecule has 0 saturated carbocycles. The third-order valence-electron chi connectivity index (χ3n) is 12.4.